The summed E-state index contributed by atoms with van der Waals surface area (Å²) in [7, 11) is 0. The van der Waals surface area contributed by atoms with Crippen LogP contribution in [0.25, 0.3) is 0 Å². The molecule has 0 bridgehead atoms. The van der Waals surface area contributed by atoms with Gasteiger partial charge in [0.1, 0.15) is 11.5 Å². The largest absolute Gasteiger partial charge is 0.494 e. The SMILES string of the molecule is CCOc1ccc(OCC(=O)NNC(=O)COc2ccccc2F)cc1. The van der Waals surface area contributed by atoms with Gasteiger partial charge in [-0.15, -0.1) is 0 Å². The molecule has 2 N–H and O–H groups in total. The molecule has 0 saturated heterocycles. The van der Waals surface area contributed by atoms with Crippen LogP contribution in [0, 0.1) is 5.82 Å². The fourth-order valence-corrected chi connectivity index (χ4v) is 1.86. The van der Waals surface area contributed by atoms with Gasteiger partial charge < -0.3 is 14.2 Å². The fourth-order valence-electron chi connectivity index (χ4n) is 1.86. The standard InChI is InChI=1S/C18H19FN2O5/c1-2-24-13-7-9-14(10-8-13)25-11-17(22)20-21-18(23)12-26-16-6-4-3-5-15(16)19/h3-10H,2,11-12H2,1H3,(H,20,22)(H,21,23). The highest BCUT2D eigenvalue weighted by molar-refractivity contribution is 5.83. The Hall–Kier alpha value is -3.29. The van der Waals surface area contributed by atoms with Gasteiger partial charge in [-0.3, -0.25) is 20.4 Å². The maximum atomic E-state index is 13.3. The summed E-state index contributed by atoms with van der Waals surface area (Å²) in [6.45, 7) is 1.71. The molecular weight excluding hydrogens is 343 g/mol. The Labute approximate surface area is 150 Å². The molecular formula is C18H19FN2O5. The number of para-hydroxylation sites is 1. The number of ether oxygens (including phenoxy) is 3. The number of rotatable bonds is 8. The van der Waals surface area contributed by atoms with Crippen LogP contribution in [0.5, 0.6) is 17.2 Å². The molecule has 0 saturated carbocycles. The summed E-state index contributed by atoms with van der Waals surface area (Å²) in [5.41, 5.74) is 4.32. The Morgan fingerprint density at radius 2 is 1.38 bits per heavy atom. The Morgan fingerprint density at radius 1 is 0.846 bits per heavy atom. The van der Waals surface area contributed by atoms with Crippen molar-refractivity contribution in [1.82, 2.24) is 10.9 Å². The van der Waals surface area contributed by atoms with E-state index >= 15 is 0 Å². The number of halogens is 1. The molecule has 138 valence electrons. The summed E-state index contributed by atoms with van der Waals surface area (Å²) in [5.74, 6) is -0.633. The van der Waals surface area contributed by atoms with E-state index in [0.717, 1.165) is 0 Å². The van der Waals surface area contributed by atoms with Crippen LogP contribution < -0.4 is 25.1 Å². The predicted molar refractivity (Wildman–Crippen MR) is 91.3 cm³/mol. The van der Waals surface area contributed by atoms with Crippen molar-refractivity contribution in [2.75, 3.05) is 19.8 Å². The molecule has 0 aromatic heterocycles. The first-order valence-corrected chi connectivity index (χ1v) is 7.89. The second kappa shape index (κ2) is 9.87. The summed E-state index contributed by atoms with van der Waals surface area (Å²) in [4.78, 5) is 23.2. The van der Waals surface area contributed by atoms with Gasteiger partial charge in [-0.05, 0) is 43.3 Å². The zero-order valence-electron chi connectivity index (χ0n) is 14.2. The van der Waals surface area contributed by atoms with Crippen molar-refractivity contribution in [3.8, 4) is 17.2 Å². The molecule has 2 amide bonds. The second-order valence-electron chi connectivity index (χ2n) is 5.01. The molecule has 0 aliphatic heterocycles. The van der Waals surface area contributed by atoms with E-state index in [1.165, 1.54) is 18.2 Å². The zero-order valence-corrected chi connectivity index (χ0v) is 14.2. The summed E-state index contributed by atoms with van der Waals surface area (Å²) in [6.07, 6.45) is 0. The molecule has 7 nitrogen and oxygen atoms in total. The van der Waals surface area contributed by atoms with Crippen molar-refractivity contribution in [1.29, 1.82) is 0 Å². The quantitative estimate of drug-likeness (QED) is 0.700. The van der Waals surface area contributed by atoms with Crippen molar-refractivity contribution in [3.05, 3.63) is 54.3 Å². The van der Waals surface area contributed by atoms with Crippen molar-refractivity contribution >= 4 is 11.8 Å². The van der Waals surface area contributed by atoms with Gasteiger partial charge in [0.05, 0.1) is 6.61 Å². The molecule has 0 aliphatic rings. The molecule has 2 aromatic carbocycles. The van der Waals surface area contributed by atoms with Gasteiger partial charge in [0.15, 0.2) is 24.8 Å². The van der Waals surface area contributed by atoms with E-state index in [2.05, 4.69) is 10.9 Å². The molecule has 8 heteroatoms. The van der Waals surface area contributed by atoms with E-state index in [1.807, 2.05) is 6.92 Å². The van der Waals surface area contributed by atoms with Crippen LogP contribution in [0.1, 0.15) is 6.92 Å². The molecule has 2 aromatic rings. The molecule has 0 spiro atoms. The lowest BCUT2D eigenvalue weighted by molar-refractivity contribution is -0.131. The van der Waals surface area contributed by atoms with Gasteiger partial charge in [-0.2, -0.15) is 0 Å². The normalized spacial score (nSPS) is 9.92. The van der Waals surface area contributed by atoms with Gasteiger partial charge in [0, 0.05) is 0 Å². The predicted octanol–water partition coefficient (Wildman–Crippen LogP) is 1.83. The van der Waals surface area contributed by atoms with Crippen LogP contribution >= 0.6 is 0 Å². The van der Waals surface area contributed by atoms with E-state index in [1.54, 1.807) is 30.3 Å². The van der Waals surface area contributed by atoms with Gasteiger partial charge in [-0.25, -0.2) is 4.39 Å². The third-order valence-electron chi connectivity index (χ3n) is 3.04. The number of hydrazine groups is 1. The Kier molecular flexibility index (Phi) is 7.23. The minimum absolute atomic E-state index is 0.0483. The van der Waals surface area contributed by atoms with Gasteiger partial charge >= 0.3 is 0 Å². The highest BCUT2D eigenvalue weighted by Crippen LogP contribution is 2.17. The monoisotopic (exact) mass is 362 g/mol. The van der Waals surface area contributed by atoms with Crippen molar-refractivity contribution in [3.63, 3.8) is 0 Å². The lowest BCUT2D eigenvalue weighted by atomic mass is 10.3. The topological polar surface area (TPSA) is 85.9 Å². The molecule has 2 rings (SSSR count). The molecule has 0 fully saturated rings. The average molecular weight is 362 g/mol. The number of nitrogens with one attached hydrogen (secondary N) is 2. The number of hydrogen-bond acceptors (Lipinski definition) is 5. The smallest absolute Gasteiger partial charge is 0.276 e. The minimum Gasteiger partial charge on any atom is -0.494 e. The third-order valence-corrected chi connectivity index (χ3v) is 3.04. The van der Waals surface area contributed by atoms with Crippen LogP contribution in [0.4, 0.5) is 4.39 Å². The van der Waals surface area contributed by atoms with Crippen molar-refractivity contribution in [2.45, 2.75) is 6.92 Å². The number of carbonyl (C=O) groups is 2. The molecule has 0 unspecified atom stereocenters. The van der Waals surface area contributed by atoms with Crippen LogP contribution in [0.2, 0.25) is 0 Å². The summed E-state index contributed by atoms with van der Waals surface area (Å²) < 4.78 is 28.9. The van der Waals surface area contributed by atoms with Crippen molar-refractivity contribution in [2.24, 2.45) is 0 Å². The van der Waals surface area contributed by atoms with E-state index in [0.29, 0.717) is 18.1 Å². The fraction of sp³-hybridized carbons (Fsp3) is 0.222. The highest BCUT2D eigenvalue weighted by atomic mass is 19.1. The maximum Gasteiger partial charge on any atom is 0.276 e. The van der Waals surface area contributed by atoms with Crippen molar-refractivity contribution < 1.29 is 28.2 Å². The minimum atomic E-state index is -0.636. The van der Waals surface area contributed by atoms with Gasteiger partial charge in [0.25, 0.3) is 11.8 Å². The van der Waals surface area contributed by atoms with Gasteiger partial charge in [-0.1, -0.05) is 12.1 Å². The average Bonchev–Trinajstić information content (AvgIpc) is 2.65. The zero-order chi connectivity index (χ0) is 18.8. The van der Waals surface area contributed by atoms with Crippen LogP contribution in [-0.2, 0) is 9.59 Å². The highest BCUT2D eigenvalue weighted by Gasteiger charge is 2.08. The number of carbonyl (C=O) groups excluding carboxylic acids is 2. The maximum absolute atomic E-state index is 13.3. The van der Waals surface area contributed by atoms with E-state index in [4.69, 9.17) is 14.2 Å². The first-order valence-electron chi connectivity index (χ1n) is 7.89. The van der Waals surface area contributed by atoms with Crippen LogP contribution in [0.3, 0.4) is 0 Å². The van der Waals surface area contributed by atoms with Crippen LogP contribution in [0.15, 0.2) is 48.5 Å². The third kappa shape index (κ3) is 6.31. The van der Waals surface area contributed by atoms with E-state index in [9.17, 15) is 14.0 Å². The summed E-state index contributed by atoms with van der Waals surface area (Å²) >= 11 is 0. The van der Waals surface area contributed by atoms with Gasteiger partial charge in [0.2, 0.25) is 0 Å². The molecule has 0 heterocycles. The van der Waals surface area contributed by atoms with Crippen LogP contribution in [-0.4, -0.2) is 31.6 Å². The first-order chi connectivity index (χ1) is 12.6. The molecule has 0 radical (unpaired) electrons. The summed E-state index contributed by atoms with van der Waals surface area (Å²) in [5, 5.41) is 0. The summed E-state index contributed by atoms with van der Waals surface area (Å²) in [6, 6.07) is 12.5. The lowest BCUT2D eigenvalue weighted by Gasteiger charge is -2.10. The van der Waals surface area contributed by atoms with E-state index in [-0.39, 0.29) is 12.4 Å². The molecule has 0 aliphatic carbocycles. The number of amides is 2. The number of hydrogen-bond donors (Lipinski definition) is 2. The lowest BCUT2D eigenvalue weighted by Crippen LogP contribution is -2.45. The Morgan fingerprint density at radius 3 is 1.96 bits per heavy atom. The number of benzene rings is 2. The van der Waals surface area contributed by atoms with E-state index < -0.39 is 24.2 Å². The Bertz CT molecular complexity index is 737. The second-order valence-corrected chi connectivity index (χ2v) is 5.01. The first kappa shape index (κ1) is 19.0. The molecule has 26 heavy (non-hydrogen) atoms. The Balaban J connectivity index is 1.66. The molecule has 0 atom stereocenters.